The molecule has 0 fully saturated rings. The van der Waals surface area contributed by atoms with Gasteiger partial charge in [0.2, 0.25) is 0 Å². The molecule has 23 heavy (non-hydrogen) atoms. The molecule has 0 saturated carbocycles. The summed E-state index contributed by atoms with van der Waals surface area (Å²) in [6.45, 7) is -0.416. The number of nitrogens with one attached hydrogen (secondary N) is 1. The van der Waals surface area contributed by atoms with Crippen LogP contribution in [0.3, 0.4) is 0 Å². The summed E-state index contributed by atoms with van der Waals surface area (Å²) in [5, 5.41) is 4.30. The molecule has 0 saturated heterocycles. The van der Waals surface area contributed by atoms with E-state index in [-0.39, 0.29) is 5.75 Å². The number of aromatic nitrogens is 2. The van der Waals surface area contributed by atoms with Crippen molar-refractivity contribution in [3.05, 3.63) is 59.9 Å². The molecule has 2 heterocycles. The fourth-order valence-electron chi connectivity index (χ4n) is 2.26. The number of hydrogen-bond acceptors (Lipinski definition) is 4. The number of nitrogens with zero attached hydrogens (tertiary/aromatic N) is 2. The minimum absolute atomic E-state index is 0.0451. The van der Waals surface area contributed by atoms with E-state index in [0.717, 1.165) is 22.3 Å². The maximum absolute atomic E-state index is 12.1. The predicted molar refractivity (Wildman–Crippen MR) is 84.7 cm³/mol. The number of pyridine rings is 2. The highest BCUT2D eigenvalue weighted by molar-refractivity contribution is 5.81. The first kappa shape index (κ1) is 15.1. The van der Waals surface area contributed by atoms with Crippen molar-refractivity contribution in [1.82, 2.24) is 9.97 Å². The zero-order valence-corrected chi connectivity index (χ0v) is 12.5. The minimum atomic E-state index is -2.84. The van der Waals surface area contributed by atoms with Gasteiger partial charge in [0, 0.05) is 5.39 Å². The van der Waals surface area contributed by atoms with Crippen molar-refractivity contribution in [1.29, 1.82) is 0 Å². The molecule has 118 valence electrons. The molecule has 1 aromatic carbocycles. The third-order valence-electron chi connectivity index (χ3n) is 3.37. The fraction of sp³-hybridized carbons (Fsp3) is 0.176. The van der Waals surface area contributed by atoms with Gasteiger partial charge in [-0.3, -0.25) is 4.98 Å². The van der Waals surface area contributed by atoms with Gasteiger partial charge in [0.05, 0.1) is 24.0 Å². The number of aryl methyl sites for hydroxylation is 1. The Morgan fingerprint density at radius 2 is 2.00 bits per heavy atom. The van der Waals surface area contributed by atoms with Crippen LogP contribution in [0.25, 0.3) is 10.9 Å². The van der Waals surface area contributed by atoms with Gasteiger partial charge in [-0.2, -0.15) is 8.78 Å². The van der Waals surface area contributed by atoms with Gasteiger partial charge in [0.25, 0.3) is 0 Å². The Bertz CT molecular complexity index is 807. The second-order valence-electron chi connectivity index (χ2n) is 5.06. The van der Waals surface area contributed by atoms with Crippen LogP contribution in [0.2, 0.25) is 0 Å². The summed E-state index contributed by atoms with van der Waals surface area (Å²) in [6, 6.07) is 13.1. The van der Waals surface area contributed by atoms with Gasteiger partial charge in [0.1, 0.15) is 11.6 Å². The Morgan fingerprint density at radius 1 is 1.17 bits per heavy atom. The molecule has 3 aromatic rings. The molecule has 0 atom stereocenters. The van der Waals surface area contributed by atoms with Gasteiger partial charge >= 0.3 is 6.61 Å². The molecule has 0 bridgehead atoms. The van der Waals surface area contributed by atoms with Crippen LogP contribution in [-0.4, -0.2) is 16.6 Å². The van der Waals surface area contributed by atoms with E-state index in [0.29, 0.717) is 12.2 Å². The average Bonchev–Trinajstić information content (AvgIpc) is 2.54. The highest BCUT2D eigenvalue weighted by atomic mass is 19.3. The van der Waals surface area contributed by atoms with E-state index in [1.54, 1.807) is 6.07 Å². The largest absolute Gasteiger partial charge is 0.433 e. The quantitative estimate of drug-likeness (QED) is 0.768. The Hall–Kier alpha value is -2.76. The van der Waals surface area contributed by atoms with E-state index in [2.05, 4.69) is 26.1 Å². The van der Waals surface area contributed by atoms with Crippen molar-refractivity contribution in [2.45, 2.75) is 20.1 Å². The number of hydrogen-bond donors (Lipinski definition) is 1. The van der Waals surface area contributed by atoms with E-state index in [9.17, 15) is 8.78 Å². The average molecular weight is 315 g/mol. The summed E-state index contributed by atoms with van der Waals surface area (Å²) in [6.07, 6.45) is 1.28. The summed E-state index contributed by atoms with van der Waals surface area (Å²) >= 11 is 0. The summed E-state index contributed by atoms with van der Waals surface area (Å²) in [5.41, 5.74) is 2.65. The van der Waals surface area contributed by atoms with E-state index >= 15 is 0 Å². The van der Waals surface area contributed by atoms with Gasteiger partial charge in [-0.05, 0) is 36.8 Å². The Labute approximate surface area is 132 Å². The van der Waals surface area contributed by atoms with Crippen molar-refractivity contribution in [2.24, 2.45) is 0 Å². The maximum atomic E-state index is 12.1. The molecule has 3 rings (SSSR count). The van der Waals surface area contributed by atoms with Crippen LogP contribution in [0.15, 0.2) is 48.7 Å². The summed E-state index contributed by atoms with van der Waals surface area (Å²) in [7, 11) is 0. The first-order chi connectivity index (χ1) is 11.1. The molecule has 0 aliphatic rings. The topological polar surface area (TPSA) is 47.0 Å². The maximum Gasteiger partial charge on any atom is 0.387 e. The second-order valence-corrected chi connectivity index (χ2v) is 5.06. The highest BCUT2D eigenvalue weighted by Gasteiger charge is 2.06. The summed E-state index contributed by atoms with van der Waals surface area (Å²) in [4.78, 5) is 8.67. The van der Waals surface area contributed by atoms with Crippen molar-refractivity contribution in [3.8, 4) is 5.75 Å². The van der Waals surface area contributed by atoms with E-state index in [4.69, 9.17) is 0 Å². The molecule has 0 aliphatic carbocycles. The van der Waals surface area contributed by atoms with Crippen LogP contribution in [0.1, 0.15) is 11.3 Å². The van der Waals surface area contributed by atoms with Crippen molar-refractivity contribution < 1.29 is 13.5 Å². The molecular formula is C17H15F2N3O. The van der Waals surface area contributed by atoms with E-state index in [1.165, 1.54) is 12.3 Å². The van der Waals surface area contributed by atoms with Gasteiger partial charge < -0.3 is 10.1 Å². The number of anilines is 1. The van der Waals surface area contributed by atoms with Gasteiger partial charge in [-0.1, -0.05) is 18.2 Å². The van der Waals surface area contributed by atoms with Crippen LogP contribution in [-0.2, 0) is 6.54 Å². The monoisotopic (exact) mass is 315 g/mol. The number of para-hydroxylation sites is 1. The SMILES string of the molecule is Cc1cc2ccccc2nc1NCc1ccc(OC(F)F)cn1. The number of rotatable bonds is 5. The van der Waals surface area contributed by atoms with Crippen LogP contribution < -0.4 is 10.1 Å². The molecular weight excluding hydrogens is 300 g/mol. The lowest BCUT2D eigenvalue weighted by Gasteiger charge is -2.10. The van der Waals surface area contributed by atoms with Crippen LogP contribution in [0.5, 0.6) is 5.75 Å². The van der Waals surface area contributed by atoms with Crippen molar-refractivity contribution in [3.63, 3.8) is 0 Å². The lowest BCUT2D eigenvalue weighted by Crippen LogP contribution is -2.06. The molecule has 0 amide bonds. The van der Waals surface area contributed by atoms with Crippen LogP contribution >= 0.6 is 0 Å². The van der Waals surface area contributed by atoms with E-state index < -0.39 is 6.61 Å². The molecule has 0 aliphatic heterocycles. The van der Waals surface area contributed by atoms with Crippen LogP contribution in [0.4, 0.5) is 14.6 Å². The van der Waals surface area contributed by atoms with Crippen molar-refractivity contribution >= 4 is 16.7 Å². The lowest BCUT2D eigenvalue weighted by molar-refractivity contribution is -0.0500. The molecule has 2 aromatic heterocycles. The molecule has 0 radical (unpaired) electrons. The van der Waals surface area contributed by atoms with Gasteiger partial charge in [-0.25, -0.2) is 4.98 Å². The number of fused-ring (bicyclic) bond motifs is 1. The minimum Gasteiger partial charge on any atom is -0.433 e. The molecule has 0 unspecified atom stereocenters. The third kappa shape index (κ3) is 3.71. The highest BCUT2D eigenvalue weighted by Crippen LogP contribution is 2.20. The Kier molecular flexibility index (Phi) is 4.32. The second kappa shape index (κ2) is 6.56. The van der Waals surface area contributed by atoms with Crippen molar-refractivity contribution in [2.75, 3.05) is 5.32 Å². The molecule has 6 heteroatoms. The smallest absolute Gasteiger partial charge is 0.387 e. The molecule has 0 spiro atoms. The number of halogens is 2. The lowest BCUT2D eigenvalue weighted by atomic mass is 10.1. The fourth-order valence-corrected chi connectivity index (χ4v) is 2.26. The molecule has 1 N–H and O–H groups in total. The predicted octanol–water partition coefficient (Wildman–Crippen LogP) is 4.15. The van der Waals surface area contributed by atoms with Gasteiger partial charge in [-0.15, -0.1) is 0 Å². The van der Waals surface area contributed by atoms with E-state index in [1.807, 2.05) is 31.2 Å². The third-order valence-corrected chi connectivity index (χ3v) is 3.37. The summed E-state index contributed by atoms with van der Waals surface area (Å²) < 4.78 is 28.5. The zero-order valence-electron chi connectivity index (χ0n) is 12.5. The normalized spacial score (nSPS) is 11.0. The summed E-state index contributed by atoms with van der Waals surface area (Å²) in [5.74, 6) is 0.821. The zero-order chi connectivity index (χ0) is 16.2. The molecule has 4 nitrogen and oxygen atoms in total. The number of ether oxygens (including phenoxy) is 1. The first-order valence-electron chi connectivity index (χ1n) is 7.12. The number of benzene rings is 1. The van der Waals surface area contributed by atoms with Gasteiger partial charge in [0.15, 0.2) is 0 Å². The Balaban J connectivity index is 1.71. The number of alkyl halides is 2. The van der Waals surface area contributed by atoms with Crippen LogP contribution in [0, 0.1) is 6.92 Å². The standard InChI is InChI=1S/C17H15F2N3O/c1-11-8-12-4-2-3-5-15(12)22-16(11)21-9-13-6-7-14(10-20-13)23-17(18)19/h2-8,10,17H,9H2,1H3,(H,21,22). The Morgan fingerprint density at radius 3 is 2.74 bits per heavy atom. The first-order valence-corrected chi connectivity index (χ1v) is 7.12.